The van der Waals surface area contributed by atoms with Crippen LogP contribution in [0, 0.1) is 0 Å². The molecule has 0 aliphatic carbocycles. The summed E-state index contributed by atoms with van der Waals surface area (Å²) in [4.78, 5) is 0. The van der Waals surface area contributed by atoms with Crippen molar-refractivity contribution in [3.63, 3.8) is 0 Å². The number of nitrogens with zero attached hydrogens (tertiary/aromatic N) is 1. The molecule has 12 heavy (non-hydrogen) atoms. The van der Waals surface area contributed by atoms with Crippen LogP contribution in [-0.4, -0.2) is 57.5 Å². The minimum Gasteiger partial charge on any atom is -0.379 e. The summed E-state index contributed by atoms with van der Waals surface area (Å²) in [5, 5.41) is 3.39. The van der Waals surface area contributed by atoms with E-state index in [4.69, 9.17) is 4.74 Å². The fraction of sp³-hybridized carbons (Fsp3) is 1.00. The maximum absolute atomic E-state index is 5.14. The van der Waals surface area contributed by atoms with Gasteiger partial charge < -0.3 is 14.5 Å². The second-order valence-electron chi connectivity index (χ2n) is 3.57. The predicted octanol–water partition coefficient (Wildman–Crippen LogP) is 0.0727. The molecule has 72 valence electrons. The molecule has 1 N–H and O–H groups in total. The Bertz CT molecular complexity index is 122. The zero-order valence-corrected chi connectivity index (χ0v) is 8.31. The first-order valence-electron chi connectivity index (χ1n) is 4.88. The maximum Gasteiger partial charge on any atom is 0.102 e. The lowest BCUT2D eigenvalue weighted by molar-refractivity contribution is -0.928. The zero-order valence-electron chi connectivity index (χ0n) is 8.31. The Morgan fingerprint density at radius 2 is 2.00 bits per heavy atom. The van der Waals surface area contributed by atoms with Crippen molar-refractivity contribution in [1.82, 2.24) is 5.32 Å². The van der Waals surface area contributed by atoms with Gasteiger partial charge in [0.05, 0.1) is 26.2 Å². The summed E-state index contributed by atoms with van der Waals surface area (Å²) in [6.07, 6.45) is 0. The summed E-state index contributed by atoms with van der Waals surface area (Å²) < 4.78 is 6.37. The van der Waals surface area contributed by atoms with Crippen LogP contribution in [0.2, 0.25) is 0 Å². The predicted molar refractivity (Wildman–Crippen MR) is 50.1 cm³/mol. The van der Waals surface area contributed by atoms with Crippen LogP contribution in [-0.2, 0) is 4.74 Å². The molecule has 0 saturated carbocycles. The lowest BCUT2D eigenvalue weighted by Crippen LogP contribution is -2.59. The van der Waals surface area contributed by atoms with E-state index in [1.54, 1.807) is 7.11 Å². The lowest BCUT2D eigenvalue weighted by Gasteiger charge is -2.40. The fourth-order valence-corrected chi connectivity index (χ4v) is 1.85. The van der Waals surface area contributed by atoms with Crippen LogP contribution in [0.4, 0.5) is 0 Å². The number of ether oxygens (including phenoxy) is 1. The second kappa shape index (κ2) is 4.80. The molecule has 0 unspecified atom stereocenters. The summed E-state index contributed by atoms with van der Waals surface area (Å²) in [6, 6.07) is 0. The normalized spacial score (nSPS) is 22.5. The molecule has 1 heterocycles. The Labute approximate surface area is 75.3 Å². The van der Waals surface area contributed by atoms with E-state index >= 15 is 0 Å². The standard InChI is InChI=1S/C9H21N2O/c1-3-11(8-9-12-2)6-4-10-5-7-11/h10H,3-9H2,1-2H3/q+1. The maximum atomic E-state index is 5.14. The van der Waals surface area contributed by atoms with Crippen LogP contribution in [0.5, 0.6) is 0 Å². The van der Waals surface area contributed by atoms with Crippen molar-refractivity contribution in [2.75, 3.05) is 53.0 Å². The Balaban J connectivity index is 2.37. The van der Waals surface area contributed by atoms with Gasteiger partial charge in [0, 0.05) is 20.2 Å². The number of hydrogen-bond donors (Lipinski definition) is 1. The molecule has 0 radical (unpaired) electrons. The Morgan fingerprint density at radius 3 is 2.50 bits per heavy atom. The minimum atomic E-state index is 0.897. The van der Waals surface area contributed by atoms with Crippen LogP contribution >= 0.6 is 0 Å². The van der Waals surface area contributed by atoms with E-state index in [0.717, 1.165) is 19.7 Å². The molecule has 3 nitrogen and oxygen atoms in total. The van der Waals surface area contributed by atoms with Crippen molar-refractivity contribution in [2.45, 2.75) is 6.92 Å². The van der Waals surface area contributed by atoms with Gasteiger partial charge in [0.1, 0.15) is 6.54 Å². The third-order valence-corrected chi connectivity index (χ3v) is 2.97. The van der Waals surface area contributed by atoms with Crippen molar-refractivity contribution in [2.24, 2.45) is 0 Å². The van der Waals surface area contributed by atoms with E-state index in [9.17, 15) is 0 Å². The highest BCUT2D eigenvalue weighted by atomic mass is 16.5. The summed E-state index contributed by atoms with van der Waals surface area (Å²) in [5.41, 5.74) is 0. The largest absolute Gasteiger partial charge is 0.379 e. The highest BCUT2D eigenvalue weighted by molar-refractivity contribution is 4.56. The number of likely N-dealkylation sites (N-methyl/N-ethyl adjacent to an activating group) is 1. The van der Waals surface area contributed by atoms with E-state index in [0.29, 0.717) is 0 Å². The molecule has 0 amide bonds. The Hall–Kier alpha value is -0.120. The van der Waals surface area contributed by atoms with Gasteiger partial charge in [-0.05, 0) is 6.92 Å². The van der Waals surface area contributed by atoms with Gasteiger partial charge in [-0.25, -0.2) is 0 Å². The van der Waals surface area contributed by atoms with Gasteiger partial charge in [0.2, 0.25) is 0 Å². The molecule has 1 aliphatic rings. The van der Waals surface area contributed by atoms with Gasteiger partial charge in [0.25, 0.3) is 0 Å². The van der Waals surface area contributed by atoms with Crippen LogP contribution in [0.3, 0.4) is 0 Å². The molecule has 0 spiro atoms. The summed E-state index contributed by atoms with van der Waals surface area (Å²) in [6.45, 7) is 10.4. The first-order chi connectivity index (χ1) is 5.83. The topological polar surface area (TPSA) is 21.3 Å². The summed E-state index contributed by atoms with van der Waals surface area (Å²) in [5.74, 6) is 0. The number of quaternary nitrogens is 1. The van der Waals surface area contributed by atoms with Crippen molar-refractivity contribution < 1.29 is 9.22 Å². The first kappa shape index (κ1) is 9.96. The van der Waals surface area contributed by atoms with Gasteiger partial charge in [0.15, 0.2) is 0 Å². The molecule has 0 aromatic carbocycles. The number of nitrogens with one attached hydrogen (secondary N) is 1. The first-order valence-corrected chi connectivity index (χ1v) is 4.88. The molecule has 1 saturated heterocycles. The molecule has 1 fully saturated rings. The van der Waals surface area contributed by atoms with Gasteiger partial charge in [-0.3, -0.25) is 0 Å². The number of hydrogen-bond acceptors (Lipinski definition) is 2. The van der Waals surface area contributed by atoms with Crippen LogP contribution in [0.1, 0.15) is 6.92 Å². The molecule has 1 rings (SSSR count). The van der Waals surface area contributed by atoms with Gasteiger partial charge in [-0.2, -0.15) is 0 Å². The highest BCUT2D eigenvalue weighted by Gasteiger charge is 2.26. The second-order valence-corrected chi connectivity index (χ2v) is 3.57. The quantitative estimate of drug-likeness (QED) is 0.608. The molecule has 1 aliphatic heterocycles. The van der Waals surface area contributed by atoms with Crippen LogP contribution in [0.15, 0.2) is 0 Å². The average molecular weight is 173 g/mol. The van der Waals surface area contributed by atoms with E-state index in [-0.39, 0.29) is 0 Å². The highest BCUT2D eigenvalue weighted by Crippen LogP contribution is 2.07. The van der Waals surface area contributed by atoms with Gasteiger partial charge in [-0.15, -0.1) is 0 Å². The molecule has 0 aromatic rings. The third kappa shape index (κ3) is 2.44. The van der Waals surface area contributed by atoms with Crippen molar-refractivity contribution >= 4 is 0 Å². The van der Waals surface area contributed by atoms with Crippen molar-refractivity contribution in [3.05, 3.63) is 0 Å². The monoisotopic (exact) mass is 173 g/mol. The summed E-state index contributed by atoms with van der Waals surface area (Å²) >= 11 is 0. The van der Waals surface area contributed by atoms with Crippen molar-refractivity contribution in [1.29, 1.82) is 0 Å². The zero-order chi connectivity index (χ0) is 8.86. The molecule has 0 atom stereocenters. The van der Waals surface area contributed by atoms with E-state index < -0.39 is 0 Å². The molecule has 3 heteroatoms. The third-order valence-electron chi connectivity index (χ3n) is 2.97. The van der Waals surface area contributed by atoms with Crippen molar-refractivity contribution in [3.8, 4) is 0 Å². The average Bonchev–Trinajstić information content (AvgIpc) is 2.16. The fourth-order valence-electron chi connectivity index (χ4n) is 1.85. The Kier molecular flexibility index (Phi) is 3.98. The SMILES string of the molecule is CC[N+]1(CCOC)CCNCC1. The van der Waals surface area contributed by atoms with E-state index in [2.05, 4.69) is 12.2 Å². The summed E-state index contributed by atoms with van der Waals surface area (Å²) in [7, 11) is 1.79. The molecular formula is C9H21N2O+. The molecular weight excluding hydrogens is 152 g/mol. The minimum absolute atomic E-state index is 0.897. The molecule has 0 aromatic heterocycles. The Morgan fingerprint density at radius 1 is 1.33 bits per heavy atom. The number of rotatable bonds is 4. The van der Waals surface area contributed by atoms with Gasteiger partial charge >= 0.3 is 0 Å². The van der Waals surface area contributed by atoms with Gasteiger partial charge in [-0.1, -0.05) is 0 Å². The van der Waals surface area contributed by atoms with E-state index in [1.165, 1.54) is 30.7 Å². The van der Waals surface area contributed by atoms with Crippen LogP contribution < -0.4 is 5.32 Å². The lowest BCUT2D eigenvalue weighted by atomic mass is 10.2. The smallest absolute Gasteiger partial charge is 0.102 e. The van der Waals surface area contributed by atoms with E-state index in [1.807, 2.05) is 0 Å². The molecule has 0 bridgehead atoms. The number of piperazine rings is 1. The van der Waals surface area contributed by atoms with Crippen LogP contribution in [0.25, 0.3) is 0 Å². The number of methoxy groups -OCH3 is 1.